The molecule has 5 rings (SSSR count). The summed E-state index contributed by atoms with van der Waals surface area (Å²) >= 11 is 0. The Hall–Kier alpha value is -4.07. The molecule has 8 heteroatoms. The molecule has 0 bridgehead atoms. The van der Waals surface area contributed by atoms with Crippen molar-refractivity contribution in [3.8, 4) is 11.5 Å². The molecule has 0 unspecified atom stereocenters. The van der Waals surface area contributed by atoms with E-state index in [4.69, 9.17) is 18.6 Å². The summed E-state index contributed by atoms with van der Waals surface area (Å²) in [6.07, 6.45) is -1.20. The summed E-state index contributed by atoms with van der Waals surface area (Å²) in [5, 5.41) is 1.25. The van der Waals surface area contributed by atoms with Gasteiger partial charge in [-0.1, -0.05) is 12.1 Å². The maximum Gasteiger partial charge on any atom is 0.348 e. The SMILES string of the molecule is CCOC(=O)[C@@H]1Oc2c(c(=O)oc3ccccc23)[C@H]1c1cc2ccc(OC)cc2[nH]c1=O. The molecule has 2 atom stereocenters. The Morgan fingerprint density at radius 2 is 1.94 bits per heavy atom. The van der Waals surface area contributed by atoms with Gasteiger partial charge in [0, 0.05) is 11.6 Å². The van der Waals surface area contributed by atoms with Gasteiger partial charge >= 0.3 is 11.6 Å². The van der Waals surface area contributed by atoms with Gasteiger partial charge in [0.2, 0.25) is 6.10 Å². The van der Waals surface area contributed by atoms with E-state index in [9.17, 15) is 14.4 Å². The highest BCUT2D eigenvalue weighted by Crippen LogP contribution is 2.44. The van der Waals surface area contributed by atoms with Gasteiger partial charge in [0.1, 0.15) is 17.1 Å². The minimum atomic E-state index is -1.20. The van der Waals surface area contributed by atoms with Crippen molar-refractivity contribution in [1.29, 1.82) is 0 Å². The van der Waals surface area contributed by atoms with Gasteiger partial charge in [-0.25, -0.2) is 9.59 Å². The summed E-state index contributed by atoms with van der Waals surface area (Å²) in [5.41, 5.74) is 0.121. The molecule has 0 saturated carbocycles. The third-order valence-electron chi connectivity index (χ3n) is 5.59. The molecule has 0 fully saturated rings. The number of aromatic amines is 1. The normalized spacial score (nSPS) is 17.2. The number of hydrogen-bond acceptors (Lipinski definition) is 7. The number of benzene rings is 2. The number of fused-ring (bicyclic) bond motifs is 4. The maximum atomic E-state index is 13.1. The number of para-hydroxylation sites is 1. The molecule has 1 aliphatic heterocycles. The molecule has 0 amide bonds. The van der Waals surface area contributed by atoms with E-state index in [0.29, 0.717) is 27.6 Å². The third-order valence-corrected chi connectivity index (χ3v) is 5.59. The van der Waals surface area contributed by atoms with Crippen LogP contribution in [0, 0.1) is 0 Å². The molecule has 0 radical (unpaired) electrons. The molecule has 0 spiro atoms. The number of carbonyl (C=O) groups is 1. The summed E-state index contributed by atoms with van der Waals surface area (Å²) in [7, 11) is 1.54. The number of ether oxygens (including phenoxy) is 3. The number of H-pyrrole nitrogens is 1. The predicted octanol–water partition coefficient (Wildman–Crippen LogP) is 3.10. The van der Waals surface area contributed by atoms with Crippen LogP contribution in [0.5, 0.6) is 11.5 Å². The monoisotopic (exact) mass is 433 g/mol. The Kier molecular flexibility index (Phi) is 4.70. The molecule has 2 aromatic carbocycles. The molecule has 4 aromatic rings. The Morgan fingerprint density at radius 1 is 1.12 bits per heavy atom. The smallest absolute Gasteiger partial charge is 0.348 e. The molecule has 0 aliphatic carbocycles. The summed E-state index contributed by atoms with van der Waals surface area (Å²) in [6, 6.07) is 13.8. The van der Waals surface area contributed by atoms with Crippen LogP contribution in [0.3, 0.4) is 0 Å². The fraction of sp³-hybridized carbons (Fsp3) is 0.208. The molecule has 1 N–H and O–H groups in total. The van der Waals surface area contributed by atoms with Gasteiger partial charge in [0.15, 0.2) is 0 Å². The van der Waals surface area contributed by atoms with E-state index >= 15 is 0 Å². The maximum absolute atomic E-state index is 13.1. The van der Waals surface area contributed by atoms with Gasteiger partial charge in [-0.15, -0.1) is 0 Å². The van der Waals surface area contributed by atoms with Crippen LogP contribution in [-0.2, 0) is 9.53 Å². The first-order valence-electron chi connectivity index (χ1n) is 10.1. The van der Waals surface area contributed by atoms with Gasteiger partial charge in [-0.2, -0.15) is 0 Å². The lowest BCUT2D eigenvalue weighted by Gasteiger charge is -2.17. The first-order chi connectivity index (χ1) is 15.5. The molecule has 2 aromatic heterocycles. The number of carbonyl (C=O) groups excluding carboxylic acids is 1. The summed E-state index contributed by atoms with van der Waals surface area (Å²) in [5.74, 6) is -0.826. The Morgan fingerprint density at radius 3 is 2.72 bits per heavy atom. The zero-order valence-electron chi connectivity index (χ0n) is 17.3. The first kappa shape index (κ1) is 19.9. The van der Waals surface area contributed by atoms with Gasteiger partial charge in [-0.3, -0.25) is 4.79 Å². The van der Waals surface area contributed by atoms with Gasteiger partial charge in [0.05, 0.1) is 36.1 Å². The number of hydrogen-bond donors (Lipinski definition) is 1. The lowest BCUT2D eigenvalue weighted by atomic mass is 9.88. The van der Waals surface area contributed by atoms with Gasteiger partial charge in [0.25, 0.3) is 5.56 Å². The quantitative estimate of drug-likeness (QED) is 0.389. The summed E-state index contributed by atoms with van der Waals surface area (Å²) in [4.78, 5) is 41.7. The van der Waals surface area contributed by atoms with E-state index in [1.807, 2.05) is 0 Å². The number of aromatic nitrogens is 1. The van der Waals surface area contributed by atoms with Crippen LogP contribution >= 0.6 is 0 Å². The average molecular weight is 433 g/mol. The van der Waals surface area contributed by atoms with Crippen LogP contribution < -0.4 is 20.7 Å². The molecule has 32 heavy (non-hydrogen) atoms. The fourth-order valence-corrected chi connectivity index (χ4v) is 4.16. The zero-order valence-corrected chi connectivity index (χ0v) is 17.3. The van der Waals surface area contributed by atoms with Crippen molar-refractivity contribution in [3.05, 3.63) is 80.4 Å². The van der Waals surface area contributed by atoms with Crippen LogP contribution in [0.25, 0.3) is 21.9 Å². The first-order valence-corrected chi connectivity index (χ1v) is 10.1. The van der Waals surface area contributed by atoms with Crippen molar-refractivity contribution in [1.82, 2.24) is 4.98 Å². The Balaban J connectivity index is 1.77. The van der Waals surface area contributed by atoms with Gasteiger partial charge in [-0.05, 0) is 42.6 Å². The topological polar surface area (TPSA) is 108 Å². The van der Waals surface area contributed by atoms with Gasteiger partial charge < -0.3 is 23.6 Å². The highest BCUT2D eigenvalue weighted by Gasteiger charge is 2.46. The predicted molar refractivity (Wildman–Crippen MR) is 116 cm³/mol. The van der Waals surface area contributed by atoms with Crippen LogP contribution in [-0.4, -0.2) is 30.8 Å². The van der Waals surface area contributed by atoms with E-state index in [2.05, 4.69) is 4.98 Å². The molecular formula is C24H19NO7. The molecule has 0 saturated heterocycles. The number of nitrogens with one attached hydrogen (secondary N) is 1. The second kappa shape index (κ2) is 7.56. The minimum absolute atomic E-state index is 0.125. The van der Waals surface area contributed by atoms with E-state index in [1.54, 1.807) is 55.5 Å². The number of rotatable bonds is 4. The lowest BCUT2D eigenvalue weighted by Crippen LogP contribution is -2.35. The van der Waals surface area contributed by atoms with Crippen LogP contribution in [0.2, 0.25) is 0 Å². The van der Waals surface area contributed by atoms with Crippen LogP contribution in [0.15, 0.2) is 62.5 Å². The van der Waals surface area contributed by atoms with Crippen molar-refractivity contribution in [2.75, 3.05) is 13.7 Å². The molecule has 162 valence electrons. The Labute approximate surface area is 181 Å². The number of pyridine rings is 1. The molecular weight excluding hydrogens is 414 g/mol. The number of esters is 1. The third kappa shape index (κ3) is 3.03. The highest BCUT2D eigenvalue weighted by atomic mass is 16.6. The van der Waals surface area contributed by atoms with Crippen molar-refractivity contribution in [2.24, 2.45) is 0 Å². The van der Waals surface area contributed by atoms with Crippen molar-refractivity contribution >= 4 is 27.8 Å². The molecule has 1 aliphatic rings. The van der Waals surface area contributed by atoms with E-state index in [1.165, 1.54) is 7.11 Å². The second-order valence-electron chi connectivity index (χ2n) is 7.40. The van der Waals surface area contributed by atoms with Crippen molar-refractivity contribution in [3.63, 3.8) is 0 Å². The Bertz CT molecular complexity index is 1480. The van der Waals surface area contributed by atoms with E-state index in [0.717, 1.165) is 0 Å². The number of methoxy groups -OCH3 is 1. The van der Waals surface area contributed by atoms with E-state index in [-0.39, 0.29) is 23.5 Å². The van der Waals surface area contributed by atoms with Crippen molar-refractivity contribution in [2.45, 2.75) is 18.9 Å². The largest absolute Gasteiger partial charge is 0.497 e. The summed E-state index contributed by atoms with van der Waals surface area (Å²) in [6.45, 7) is 1.81. The standard InChI is InChI=1S/C24H19NO7/c1-3-30-24(28)21-18(15-10-12-8-9-13(29-2)11-16(12)25-22(15)26)19-20(32-21)14-6-4-5-7-17(14)31-23(19)27/h4-11,18,21H,3H2,1-2H3,(H,25,26)/t18-,21-/m1/s1. The fourth-order valence-electron chi connectivity index (χ4n) is 4.16. The van der Waals surface area contributed by atoms with Crippen molar-refractivity contribution < 1.29 is 23.4 Å². The highest BCUT2D eigenvalue weighted by molar-refractivity contribution is 5.89. The zero-order chi connectivity index (χ0) is 22.4. The van der Waals surface area contributed by atoms with Crippen LogP contribution in [0.4, 0.5) is 0 Å². The summed E-state index contributed by atoms with van der Waals surface area (Å²) < 4.78 is 21.9. The minimum Gasteiger partial charge on any atom is -0.497 e. The second-order valence-corrected chi connectivity index (χ2v) is 7.40. The van der Waals surface area contributed by atoms with Crippen LogP contribution in [0.1, 0.15) is 24.0 Å². The average Bonchev–Trinajstić information content (AvgIpc) is 3.20. The lowest BCUT2D eigenvalue weighted by molar-refractivity contribution is -0.151. The molecule has 3 heterocycles. The molecule has 8 nitrogen and oxygen atoms in total. The van der Waals surface area contributed by atoms with E-state index < -0.39 is 29.2 Å².